The number of aliphatic hydroxyl groups is 9. The summed E-state index contributed by atoms with van der Waals surface area (Å²) >= 11 is 0. The minimum absolute atomic E-state index is 0.0344. The normalized spacial score (nSPS) is 48.7. The van der Waals surface area contributed by atoms with E-state index < -0.39 is 74.6 Å². The van der Waals surface area contributed by atoms with Crippen LogP contribution in [0.25, 0.3) is 0 Å². The van der Waals surface area contributed by atoms with E-state index in [0.29, 0.717) is 30.1 Å². The first-order chi connectivity index (χ1) is 27.6. The Morgan fingerprint density at radius 3 is 1.76 bits per heavy atom. The molecule has 15 nitrogen and oxygen atoms in total. The van der Waals surface area contributed by atoms with Gasteiger partial charge in [-0.2, -0.15) is 0 Å². The molecule has 21 atom stereocenters. The van der Waals surface area contributed by atoms with Gasteiger partial charge in [0.15, 0.2) is 12.6 Å². The Morgan fingerprint density at radius 2 is 1.19 bits per heavy atom. The highest BCUT2D eigenvalue weighted by Crippen LogP contribution is 2.69. The summed E-state index contributed by atoms with van der Waals surface area (Å²) in [6.45, 7) is 11.3. The molecule has 0 aromatic rings. The first-order valence-corrected chi connectivity index (χ1v) is 22.3. The molecule has 58 heavy (non-hydrogen) atoms. The van der Waals surface area contributed by atoms with E-state index >= 15 is 0 Å². The molecule has 6 fully saturated rings. The second-order valence-corrected chi connectivity index (χ2v) is 19.6. The lowest BCUT2D eigenvalue weighted by Gasteiger charge is -2.64. The number of rotatable bonds is 17. The topological polar surface area (TPSA) is 237 Å². The molecule has 6 aliphatic rings. The molecule has 15 heteroatoms. The maximum atomic E-state index is 10.9. The summed E-state index contributed by atoms with van der Waals surface area (Å²) in [6.07, 6.45) is -4.48. The van der Waals surface area contributed by atoms with Crippen molar-refractivity contribution in [2.75, 3.05) is 39.6 Å². The van der Waals surface area contributed by atoms with Crippen molar-refractivity contribution in [3.05, 3.63) is 0 Å². The van der Waals surface area contributed by atoms with Gasteiger partial charge in [0.1, 0.15) is 48.8 Å². The highest BCUT2D eigenvalue weighted by atomic mass is 16.7. The van der Waals surface area contributed by atoms with Crippen LogP contribution in [0.2, 0.25) is 0 Å². The lowest BCUT2D eigenvalue weighted by Crippen LogP contribution is -2.63. The average molecular weight is 833 g/mol. The van der Waals surface area contributed by atoms with Gasteiger partial charge in [-0.25, -0.2) is 0 Å². The minimum Gasteiger partial charge on any atom is -0.394 e. The summed E-state index contributed by atoms with van der Waals surface area (Å²) in [5, 5.41) is 92.3. The van der Waals surface area contributed by atoms with Gasteiger partial charge in [-0.3, -0.25) is 0 Å². The molecule has 0 bridgehead atoms. The van der Waals surface area contributed by atoms with Crippen molar-refractivity contribution in [2.24, 2.45) is 52.3 Å². The lowest BCUT2D eigenvalue weighted by atomic mass is 9.43. The van der Waals surface area contributed by atoms with E-state index in [1.807, 2.05) is 0 Å². The lowest BCUT2D eigenvalue weighted by molar-refractivity contribution is -0.305. The monoisotopic (exact) mass is 833 g/mol. The van der Waals surface area contributed by atoms with E-state index in [2.05, 4.69) is 34.6 Å². The quantitative estimate of drug-likeness (QED) is 0.0934. The molecule has 338 valence electrons. The molecule has 0 aromatic carbocycles. The van der Waals surface area contributed by atoms with Crippen molar-refractivity contribution in [3.8, 4) is 0 Å². The zero-order valence-corrected chi connectivity index (χ0v) is 35.3. The largest absolute Gasteiger partial charge is 0.394 e. The molecule has 2 aliphatic heterocycles. The molecule has 4 aliphatic carbocycles. The summed E-state index contributed by atoms with van der Waals surface area (Å²) in [5.41, 5.74) is -0.222. The van der Waals surface area contributed by atoms with Crippen molar-refractivity contribution < 1.29 is 74.4 Å². The van der Waals surface area contributed by atoms with E-state index in [0.717, 1.165) is 44.9 Å². The number of hydrogen-bond acceptors (Lipinski definition) is 15. The SMILES string of the molecule is CC(C)CCC[C@@H](C)[C@H]1CC[C@H]2[C@@H]3[C@H](OCCO[C@@H]4OC(CO)[C@@H](O)C(O)[C@@H]4O)C[C@@H]4C[C@H](O)CC[C@]4(C)[C@H]3C[C@H](OCCO[C@@H]3OC(CO)[C@@H](O)C(O)[C@@H]3O)[C@]12C. The van der Waals surface area contributed by atoms with Crippen LogP contribution in [0.15, 0.2) is 0 Å². The van der Waals surface area contributed by atoms with Crippen molar-refractivity contribution in [1.29, 1.82) is 0 Å². The van der Waals surface area contributed by atoms with Gasteiger partial charge in [0.05, 0.1) is 58.0 Å². The van der Waals surface area contributed by atoms with Crippen LogP contribution in [0.4, 0.5) is 0 Å². The van der Waals surface area contributed by atoms with Gasteiger partial charge in [0.2, 0.25) is 0 Å². The summed E-state index contributed by atoms with van der Waals surface area (Å²) in [5.74, 6) is 2.54. The Bertz CT molecular complexity index is 1270. The number of aliphatic hydroxyl groups excluding tert-OH is 9. The molecule has 2 heterocycles. The average Bonchev–Trinajstić information content (AvgIpc) is 3.56. The zero-order valence-electron chi connectivity index (χ0n) is 35.3. The van der Waals surface area contributed by atoms with E-state index in [4.69, 9.17) is 28.4 Å². The fraction of sp³-hybridized carbons (Fsp3) is 1.00. The summed E-state index contributed by atoms with van der Waals surface area (Å²) in [4.78, 5) is 0. The smallest absolute Gasteiger partial charge is 0.186 e. The van der Waals surface area contributed by atoms with Crippen LogP contribution in [0.1, 0.15) is 98.8 Å². The second kappa shape index (κ2) is 19.8. The molecule has 4 unspecified atom stereocenters. The van der Waals surface area contributed by atoms with Crippen LogP contribution in [-0.4, -0.2) is 165 Å². The van der Waals surface area contributed by atoms with E-state index in [-0.39, 0.29) is 73.3 Å². The molecule has 9 N–H and O–H groups in total. The predicted molar refractivity (Wildman–Crippen MR) is 209 cm³/mol. The number of ether oxygens (including phenoxy) is 6. The third-order valence-corrected chi connectivity index (χ3v) is 16.0. The van der Waals surface area contributed by atoms with Gasteiger partial charge >= 0.3 is 0 Å². The highest BCUT2D eigenvalue weighted by Gasteiger charge is 2.66. The van der Waals surface area contributed by atoms with Crippen LogP contribution in [0, 0.1) is 52.3 Å². The van der Waals surface area contributed by atoms with Crippen LogP contribution >= 0.6 is 0 Å². The van der Waals surface area contributed by atoms with Crippen molar-refractivity contribution in [3.63, 3.8) is 0 Å². The molecule has 4 saturated carbocycles. The summed E-state index contributed by atoms with van der Waals surface area (Å²) in [7, 11) is 0. The first-order valence-electron chi connectivity index (χ1n) is 22.3. The van der Waals surface area contributed by atoms with Gasteiger partial charge in [-0.1, -0.05) is 53.9 Å². The molecular weight excluding hydrogens is 756 g/mol. The summed E-state index contributed by atoms with van der Waals surface area (Å²) < 4.78 is 36.7. The number of fused-ring (bicyclic) bond motifs is 5. The van der Waals surface area contributed by atoms with E-state index in [9.17, 15) is 46.0 Å². The maximum absolute atomic E-state index is 10.9. The Kier molecular flexibility index (Phi) is 16.0. The third-order valence-electron chi connectivity index (χ3n) is 16.0. The van der Waals surface area contributed by atoms with Crippen LogP contribution in [-0.2, 0) is 28.4 Å². The summed E-state index contributed by atoms with van der Waals surface area (Å²) in [6, 6.07) is 0. The molecule has 6 rings (SSSR count). The fourth-order valence-electron chi connectivity index (χ4n) is 12.7. The van der Waals surface area contributed by atoms with E-state index in [1.165, 1.54) is 12.8 Å². The van der Waals surface area contributed by atoms with Crippen molar-refractivity contribution in [1.82, 2.24) is 0 Å². The first kappa shape index (κ1) is 46.9. The van der Waals surface area contributed by atoms with E-state index in [1.54, 1.807) is 0 Å². The standard InChI is InChI=1S/C43H76O15/c1-22(2)7-6-8-23(3)26-9-10-27-33-28(19-32(43(26,27)5)54-14-16-56-41-39(52)37(50)35(48)31(21-45)58-41)42(4)12-11-25(46)17-24(42)18-29(33)53-13-15-55-40-38(51)36(49)34(47)30(20-44)57-40/h22-41,44-52H,6-21H2,1-5H3/t23-,24+,25-,26-,27+,28+,29-,30?,31?,32+,33+,34-,35-,36?,37?,38+,39+,40-,41-,42+,43-/m1/s1. The van der Waals surface area contributed by atoms with Crippen molar-refractivity contribution >= 4 is 0 Å². The Balaban J connectivity index is 1.21. The second-order valence-electron chi connectivity index (χ2n) is 19.6. The van der Waals surface area contributed by atoms with Gasteiger partial charge in [-0.15, -0.1) is 0 Å². The minimum atomic E-state index is -1.52. The van der Waals surface area contributed by atoms with Gasteiger partial charge in [-0.05, 0) is 91.8 Å². The predicted octanol–water partition coefficient (Wildman–Crippen LogP) is 1.09. The Morgan fingerprint density at radius 1 is 0.621 bits per heavy atom. The third kappa shape index (κ3) is 9.35. The number of hydrogen-bond donors (Lipinski definition) is 9. The molecular formula is C43H76O15. The fourth-order valence-corrected chi connectivity index (χ4v) is 12.7. The molecule has 0 aromatic heterocycles. The van der Waals surface area contributed by atoms with Gasteiger partial charge < -0.3 is 74.4 Å². The van der Waals surface area contributed by atoms with Crippen molar-refractivity contribution in [2.45, 2.75) is 179 Å². The highest BCUT2D eigenvalue weighted by molar-refractivity contribution is 5.15. The Labute approximate surface area is 344 Å². The maximum Gasteiger partial charge on any atom is 0.186 e. The molecule has 0 spiro atoms. The zero-order chi connectivity index (χ0) is 42.1. The molecule has 2 saturated heterocycles. The van der Waals surface area contributed by atoms with Gasteiger partial charge in [0, 0.05) is 5.41 Å². The van der Waals surface area contributed by atoms with Gasteiger partial charge in [0.25, 0.3) is 0 Å². The molecule has 0 amide bonds. The van der Waals surface area contributed by atoms with Crippen LogP contribution in [0.3, 0.4) is 0 Å². The molecule has 0 radical (unpaired) electrons. The van der Waals surface area contributed by atoms with Crippen LogP contribution < -0.4 is 0 Å². The van der Waals surface area contributed by atoms with Crippen LogP contribution in [0.5, 0.6) is 0 Å². The Hall–Kier alpha value is -0.600.